The number of tetrazole rings is 1. The number of rotatable bonds is 4. The van der Waals surface area contributed by atoms with E-state index in [4.69, 9.17) is 0 Å². The second kappa shape index (κ2) is 7.36. The first kappa shape index (κ1) is 18.2. The predicted molar refractivity (Wildman–Crippen MR) is 88.2 cm³/mol. The molecule has 0 unspecified atom stereocenters. The smallest absolute Gasteiger partial charge is 0.322 e. The van der Waals surface area contributed by atoms with Gasteiger partial charge in [-0.3, -0.25) is 4.79 Å². The molecule has 27 heavy (non-hydrogen) atoms. The largest absolute Gasteiger partial charge is 0.419 e. The SMILES string of the molecule is O=C(C=Cc1cccc(-n2cnnn2)c1)Nc1ccc(F)c(C(F)(F)F)c1. The standard InChI is InChI=1S/C17H11F4N5O/c18-15-6-5-12(9-14(15)17(19,20)21)23-16(27)7-4-11-2-1-3-13(8-11)26-10-22-24-25-26/h1-10H,(H,23,27). The van der Waals surface area contributed by atoms with Crippen LogP contribution in [-0.2, 0) is 11.0 Å². The van der Waals surface area contributed by atoms with Crippen LogP contribution in [0.1, 0.15) is 11.1 Å². The highest BCUT2D eigenvalue weighted by molar-refractivity contribution is 6.02. The normalized spacial score (nSPS) is 11.7. The molecule has 1 N–H and O–H groups in total. The monoisotopic (exact) mass is 377 g/mol. The van der Waals surface area contributed by atoms with Gasteiger partial charge in [0.05, 0.1) is 11.3 Å². The van der Waals surface area contributed by atoms with Crippen LogP contribution < -0.4 is 5.32 Å². The minimum atomic E-state index is -4.85. The fourth-order valence-corrected chi connectivity index (χ4v) is 2.23. The summed E-state index contributed by atoms with van der Waals surface area (Å²) >= 11 is 0. The van der Waals surface area contributed by atoms with Crippen LogP contribution in [0.5, 0.6) is 0 Å². The van der Waals surface area contributed by atoms with E-state index in [0.29, 0.717) is 23.4 Å². The molecule has 0 bridgehead atoms. The van der Waals surface area contributed by atoms with E-state index in [0.717, 1.165) is 12.1 Å². The number of carbonyl (C=O) groups is 1. The average Bonchev–Trinajstić information content (AvgIpc) is 3.16. The van der Waals surface area contributed by atoms with E-state index in [1.807, 2.05) is 0 Å². The molecule has 10 heteroatoms. The Bertz CT molecular complexity index is 983. The van der Waals surface area contributed by atoms with Crippen molar-refractivity contribution in [2.75, 3.05) is 5.32 Å². The molecule has 138 valence electrons. The molecule has 3 rings (SSSR count). The molecule has 0 fully saturated rings. The van der Waals surface area contributed by atoms with E-state index in [9.17, 15) is 22.4 Å². The fraction of sp³-hybridized carbons (Fsp3) is 0.0588. The molecule has 0 saturated heterocycles. The highest BCUT2D eigenvalue weighted by atomic mass is 19.4. The molecule has 6 nitrogen and oxygen atoms in total. The fourth-order valence-electron chi connectivity index (χ4n) is 2.23. The van der Waals surface area contributed by atoms with Crippen molar-refractivity contribution in [2.45, 2.75) is 6.18 Å². The lowest BCUT2D eigenvalue weighted by molar-refractivity contribution is -0.140. The number of anilines is 1. The van der Waals surface area contributed by atoms with Crippen LogP contribution in [-0.4, -0.2) is 26.1 Å². The highest BCUT2D eigenvalue weighted by Crippen LogP contribution is 2.33. The molecule has 0 aliphatic heterocycles. The summed E-state index contributed by atoms with van der Waals surface area (Å²) < 4.78 is 52.8. The molecule has 1 amide bonds. The molecule has 2 aromatic carbocycles. The summed E-state index contributed by atoms with van der Waals surface area (Å²) in [6, 6.07) is 9.15. The van der Waals surface area contributed by atoms with Gasteiger partial charge in [-0.15, -0.1) is 5.10 Å². The first-order chi connectivity index (χ1) is 12.8. The Balaban J connectivity index is 1.72. The van der Waals surface area contributed by atoms with Crippen molar-refractivity contribution in [3.8, 4) is 5.69 Å². The van der Waals surface area contributed by atoms with E-state index in [2.05, 4.69) is 20.8 Å². The average molecular weight is 377 g/mol. The maximum absolute atomic E-state index is 13.3. The van der Waals surface area contributed by atoms with Crippen LogP contribution in [0.4, 0.5) is 23.2 Å². The number of hydrogen-bond acceptors (Lipinski definition) is 4. The first-order valence-corrected chi connectivity index (χ1v) is 7.52. The first-order valence-electron chi connectivity index (χ1n) is 7.52. The van der Waals surface area contributed by atoms with Crippen molar-refractivity contribution >= 4 is 17.7 Å². The summed E-state index contributed by atoms with van der Waals surface area (Å²) in [7, 11) is 0. The minimum absolute atomic E-state index is 0.166. The topological polar surface area (TPSA) is 72.7 Å². The van der Waals surface area contributed by atoms with Gasteiger partial charge in [-0.05, 0) is 52.4 Å². The third-order valence-corrected chi connectivity index (χ3v) is 3.45. The predicted octanol–water partition coefficient (Wildman–Crippen LogP) is 3.47. The van der Waals surface area contributed by atoms with E-state index in [1.165, 1.54) is 17.1 Å². The van der Waals surface area contributed by atoms with Gasteiger partial charge < -0.3 is 5.32 Å². The van der Waals surface area contributed by atoms with Gasteiger partial charge >= 0.3 is 6.18 Å². The quantitative estimate of drug-likeness (QED) is 0.558. The molecule has 0 atom stereocenters. The Morgan fingerprint density at radius 3 is 2.67 bits per heavy atom. The van der Waals surface area contributed by atoms with E-state index in [1.54, 1.807) is 24.3 Å². The van der Waals surface area contributed by atoms with Gasteiger partial charge in [0, 0.05) is 11.8 Å². The number of nitrogens with zero attached hydrogens (tertiary/aromatic N) is 4. The van der Waals surface area contributed by atoms with Gasteiger partial charge in [0.25, 0.3) is 0 Å². The molecule has 0 aliphatic carbocycles. The number of hydrogen-bond donors (Lipinski definition) is 1. The molecule has 0 aliphatic rings. The van der Waals surface area contributed by atoms with Crippen LogP contribution in [0.3, 0.4) is 0 Å². The third kappa shape index (κ3) is 4.54. The maximum Gasteiger partial charge on any atom is 0.419 e. The third-order valence-electron chi connectivity index (χ3n) is 3.45. The Kier molecular flexibility index (Phi) is 4.97. The number of amides is 1. The van der Waals surface area contributed by atoms with Gasteiger partial charge in [0.1, 0.15) is 12.1 Å². The lowest BCUT2D eigenvalue weighted by atomic mass is 10.1. The molecule has 1 heterocycles. The van der Waals surface area contributed by atoms with Gasteiger partial charge in [0.2, 0.25) is 5.91 Å². The van der Waals surface area contributed by atoms with Gasteiger partial charge in [-0.1, -0.05) is 12.1 Å². The zero-order valence-electron chi connectivity index (χ0n) is 13.5. The molecule has 0 saturated carbocycles. The number of nitrogens with one attached hydrogen (secondary N) is 1. The van der Waals surface area contributed by atoms with Crippen molar-refractivity contribution in [2.24, 2.45) is 0 Å². The lowest BCUT2D eigenvalue weighted by Crippen LogP contribution is -2.12. The maximum atomic E-state index is 13.3. The second-order valence-corrected chi connectivity index (χ2v) is 5.36. The summed E-state index contributed by atoms with van der Waals surface area (Å²) in [6.45, 7) is 0. The number of halogens is 4. The van der Waals surface area contributed by atoms with E-state index < -0.39 is 23.5 Å². The van der Waals surface area contributed by atoms with Crippen LogP contribution in [0.25, 0.3) is 11.8 Å². The van der Waals surface area contributed by atoms with Crippen LogP contribution in [0.2, 0.25) is 0 Å². The van der Waals surface area contributed by atoms with Crippen molar-refractivity contribution in [3.63, 3.8) is 0 Å². The van der Waals surface area contributed by atoms with Crippen LogP contribution >= 0.6 is 0 Å². The van der Waals surface area contributed by atoms with Crippen molar-refractivity contribution in [1.29, 1.82) is 0 Å². The zero-order valence-corrected chi connectivity index (χ0v) is 13.5. The summed E-state index contributed by atoms with van der Waals surface area (Å²) in [5.41, 5.74) is -0.302. The molecule has 1 aromatic heterocycles. The molecule has 0 radical (unpaired) electrons. The minimum Gasteiger partial charge on any atom is -0.322 e. The molecule has 3 aromatic rings. The Hall–Kier alpha value is -3.56. The van der Waals surface area contributed by atoms with Crippen LogP contribution in [0.15, 0.2) is 54.9 Å². The zero-order chi connectivity index (χ0) is 19.4. The van der Waals surface area contributed by atoms with E-state index >= 15 is 0 Å². The Morgan fingerprint density at radius 2 is 1.96 bits per heavy atom. The van der Waals surface area contributed by atoms with Crippen molar-refractivity contribution in [1.82, 2.24) is 20.2 Å². The summed E-state index contributed by atoms with van der Waals surface area (Å²) in [6.07, 6.45) is -0.827. The van der Waals surface area contributed by atoms with Crippen molar-refractivity contribution < 1.29 is 22.4 Å². The summed E-state index contributed by atoms with van der Waals surface area (Å²) in [5, 5.41) is 13.1. The van der Waals surface area contributed by atoms with Gasteiger partial charge in [0.15, 0.2) is 0 Å². The Morgan fingerprint density at radius 1 is 1.15 bits per heavy atom. The Labute approximate surface area is 150 Å². The van der Waals surface area contributed by atoms with Gasteiger partial charge in [-0.2, -0.15) is 13.2 Å². The highest BCUT2D eigenvalue weighted by Gasteiger charge is 2.34. The number of alkyl halides is 3. The van der Waals surface area contributed by atoms with E-state index in [-0.39, 0.29) is 5.69 Å². The summed E-state index contributed by atoms with van der Waals surface area (Å²) in [5.74, 6) is -2.07. The number of carbonyl (C=O) groups excluding carboxylic acids is 1. The second-order valence-electron chi connectivity index (χ2n) is 5.36. The molecular formula is C17H11F4N5O. The summed E-state index contributed by atoms with van der Waals surface area (Å²) in [4.78, 5) is 11.9. The van der Waals surface area contributed by atoms with Crippen molar-refractivity contribution in [3.05, 3.63) is 71.8 Å². The number of benzene rings is 2. The van der Waals surface area contributed by atoms with Crippen LogP contribution in [0, 0.1) is 5.82 Å². The van der Waals surface area contributed by atoms with Gasteiger partial charge in [-0.25, -0.2) is 9.07 Å². The number of aromatic nitrogens is 4. The molecular weight excluding hydrogens is 366 g/mol. The lowest BCUT2D eigenvalue weighted by Gasteiger charge is -2.10. The molecule has 0 spiro atoms.